The molecule has 23 heavy (non-hydrogen) atoms. The number of aromatic nitrogens is 1. The number of nitrogens with zero attached hydrogens (tertiary/aromatic N) is 2. The number of nitrogens with two attached hydrogens (primary N) is 1. The number of likely N-dealkylation sites (N-methyl/N-ethyl adjacent to an activating group) is 1. The molecule has 0 radical (unpaired) electrons. The van der Waals surface area contributed by atoms with Crippen LogP contribution in [-0.2, 0) is 12.0 Å². The Bertz CT molecular complexity index is 610. The van der Waals surface area contributed by atoms with Gasteiger partial charge in [0, 0.05) is 24.2 Å². The van der Waals surface area contributed by atoms with Crippen LogP contribution < -0.4 is 10.5 Å². The third-order valence-corrected chi connectivity index (χ3v) is 4.23. The minimum atomic E-state index is 0. The molecule has 0 atom stereocenters. The van der Waals surface area contributed by atoms with E-state index in [1.807, 2.05) is 18.3 Å². The van der Waals surface area contributed by atoms with Crippen LogP contribution in [0.25, 0.3) is 0 Å². The van der Waals surface area contributed by atoms with Crippen molar-refractivity contribution in [3.63, 3.8) is 0 Å². The van der Waals surface area contributed by atoms with Gasteiger partial charge in [-0.3, -0.25) is 4.90 Å². The van der Waals surface area contributed by atoms with Crippen LogP contribution in [0.3, 0.4) is 0 Å². The van der Waals surface area contributed by atoms with Crippen molar-refractivity contribution in [3.8, 4) is 5.75 Å². The van der Waals surface area contributed by atoms with Crippen LogP contribution in [0.5, 0.6) is 5.75 Å². The number of anilines is 1. The van der Waals surface area contributed by atoms with Crippen molar-refractivity contribution >= 4 is 28.9 Å². The second kappa shape index (κ2) is 8.52. The van der Waals surface area contributed by atoms with E-state index < -0.39 is 0 Å². The molecule has 2 N–H and O–H groups in total. The predicted molar refractivity (Wildman–Crippen MR) is 101 cm³/mol. The Morgan fingerprint density at radius 3 is 2.57 bits per heavy atom. The monoisotopic (exact) mass is 355 g/mol. The lowest BCUT2D eigenvalue weighted by Gasteiger charge is -2.23. The van der Waals surface area contributed by atoms with Gasteiger partial charge in [0.15, 0.2) is 5.13 Å². The molecule has 1 aromatic heterocycles. The van der Waals surface area contributed by atoms with Crippen molar-refractivity contribution in [2.45, 2.75) is 32.7 Å². The minimum Gasteiger partial charge on any atom is -0.492 e. The summed E-state index contributed by atoms with van der Waals surface area (Å²) >= 11 is 1.54. The van der Waals surface area contributed by atoms with E-state index in [0.717, 1.165) is 18.8 Å². The van der Waals surface area contributed by atoms with Crippen LogP contribution in [-0.4, -0.2) is 30.1 Å². The highest BCUT2D eigenvalue weighted by molar-refractivity contribution is 7.15. The highest BCUT2D eigenvalue weighted by atomic mass is 35.5. The molecule has 0 unspecified atom stereocenters. The quantitative estimate of drug-likeness (QED) is 0.852. The van der Waals surface area contributed by atoms with Crippen molar-refractivity contribution in [1.29, 1.82) is 0 Å². The van der Waals surface area contributed by atoms with Gasteiger partial charge in [0.1, 0.15) is 12.4 Å². The number of rotatable bonds is 6. The Balaban J connectivity index is 0.00000264. The highest BCUT2D eigenvalue weighted by Gasteiger charge is 2.18. The summed E-state index contributed by atoms with van der Waals surface area (Å²) in [4.78, 5) is 7.47. The number of hydrogen-bond acceptors (Lipinski definition) is 5. The van der Waals surface area contributed by atoms with Crippen LogP contribution >= 0.6 is 23.7 Å². The van der Waals surface area contributed by atoms with E-state index in [1.54, 1.807) is 0 Å². The largest absolute Gasteiger partial charge is 0.492 e. The van der Waals surface area contributed by atoms with Crippen molar-refractivity contribution in [1.82, 2.24) is 9.88 Å². The standard InChI is InChI=1S/C17H25N3OS.ClH/c1-17(2,3)14-7-5-6-8-15(14)21-10-9-20(4)12-13-11-19-16(18)22-13;/h5-8,11H,9-10,12H2,1-4H3,(H2,18,19);1H. The lowest BCUT2D eigenvalue weighted by atomic mass is 9.86. The van der Waals surface area contributed by atoms with Crippen LogP contribution in [0.1, 0.15) is 31.2 Å². The Hall–Kier alpha value is -1.30. The van der Waals surface area contributed by atoms with Crippen molar-refractivity contribution < 1.29 is 4.74 Å². The summed E-state index contributed by atoms with van der Waals surface area (Å²) in [6.45, 7) is 8.98. The second-order valence-electron chi connectivity index (χ2n) is 6.50. The van der Waals surface area contributed by atoms with Gasteiger partial charge in [-0.15, -0.1) is 23.7 Å². The smallest absolute Gasteiger partial charge is 0.180 e. The van der Waals surface area contributed by atoms with Gasteiger partial charge in [0.2, 0.25) is 0 Å². The minimum absolute atomic E-state index is 0. The summed E-state index contributed by atoms with van der Waals surface area (Å²) in [7, 11) is 2.08. The van der Waals surface area contributed by atoms with Crippen molar-refractivity contribution in [3.05, 3.63) is 40.9 Å². The van der Waals surface area contributed by atoms with Gasteiger partial charge in [-0.25, -0.2) is 4.98 Å². The first-order chi connectivity index (χ1) is 10.4. The molecule has 2 aromatic rings. The van der Waals surface area contributed by atoms with Crippen LogP contribution in [0.4, 0.5) is 5.13 Å². The Labute approximate surface area is 149 Å². The SMILES string of the molecule is CN(CCOc1ccccc1C(C)(C)C)Cc1cnc(N)s1.Cl. The zero-order valence-electron chi connectivity index (χ0n) is 14.2. The van der Waals surface area contributed by atoms with Crippen LogP contribution in [0, 0.1) is 0 Å². The number of ether oxygens (including phenoxy) is 1. The molecule has 128 valence electrons. The molecule has 0 spiro atoms. The molecule has 0 saturated heterocycles. The van der Waals surface area contributed by atoms with E-state index in [0.29, 0.717) is 11.7 Å². The third-order valence-electron chi connectivity index (χ3n) is 3.42. The fraction of sp³-hybridized carbons (Fsp3) is 0.471. The van der Waals surface area contributed by atoms with Gasteiger partial charge in [0.05, 0.1) is 0 Å². The molecular formula is C17H26ClN3OS. The molecule has 1 heterocycles. The fourth-order valence-electron chi connectivity index (χ4n) is 2.26. The maximum Gasteiger partial charge on any atom is 0.180 e. The molecule has 0 amide bonds. The molecule has 0 saturated carbocycles. The van der Waals surface area contributed by atoms with Gasteiger partial charge in [-0.05, 0) is 24.1 Å². The van der Waals surface area contributed by atoms with Crippen molar-refractivity contribution in [2.75, 3.05) is 25.9 Å². The number of hydrogen-bond donors (Lipinski definition) is 1. The number of thiazole rings is 1. The zero-order chi connectivity index (χ0) is 16.2. The van der Waals surface area contributed by atoms with E-state index in [9.17, 15) is 0 Å². The summed E-state index contributed by atoms with van der Waals surface area (Å²) in [6, 6.07) is 8.27. The molecule has 2 rings (SSSR count). The first-order valence-corrected chi connectivity index (χ1v) is 8.29. The highest BCUT2D eigenvalue weighted by Crippen LogP contribution is 2.30. The Morgan fingerprint density at radius 1 is 1.26 bits per heavy atom. The average molecular weight is 356 g/mol. The molecule has 0 fully saturated rings. The number of para-hydroxylation sites is 1. The van der Waals surface area contributed by atoms with Gasteiger partial charge < -0.3 is 10.5 Å². The molecular weight excluding hydrogens is 330 g/mol. The fourth-order valence-corrected chi connectivity index (χ4v) is 3.03. The van der Waals surface area contributed by atoms with Gasteiger partial charge in [0.25, 0.3) is 0 Å². The lowest BCUT2D eigenvalue weighted by molar-refractivity contribution is 0.230. The third kappa shape index (κ3) is 6.01. The maximum atomic E-state index is 6.00. The van der Waals surface area contributed by atoms with Gasteiger partial charge >= 0.3 is 0 Å². The molecule has 0 bridgehead atoms. The van der Waals surface area contributed by atoms with Gasteiger partial charge in [-0.1, -0.05) is 39.0 Å². The average Bonchev–Trinajstić information content (AvgIpc) is 2.83. The maximum absolute atomic E-state index is 6.00. The molecule has 6 heteroatoms. The first-order valence-electron chi connectivity index (χ1n) is 7.47. The number of halogens is 1. The van der Waals surface area contributed by atoms with E-state index in [4.69, 9.17) is 10.5 Å². The molecule has 0 aliphatic heterocycles. The van der Waals surface area contributed by atoms with E-state index >= 15 is 0 Å². The zero-order valence-corrected chi connectivity index (χ0v) is 15.8. The predicted octanol–water partition coefficient (Wildman–Crippen LogP) is 3.96. The molecule has 4 nitrogen and oxygen atoms in total. The summed E-state index contributed by atoms with van der Waals surface area (Å²) < 4.78 is 6.00. The van der Waals surface area contributed by atoms with Gasteiger partial charge in [-0.2, -0.15) is 0 Å². The van der Waals surface area contributed by atoms with Crippen LogP contribution in [0.2, 0.25) is 0 Å². The summed E-state index contributed by atoms with van der Waals surface area (Å²) in [6.07, 6.45) is 1.84. The Kier molecular flexibility index (Phi) is 7.32. The normalized spacial score (nSPS) is 11.3. The van der Waals surface area contributed by atoms with Crippen LogP contribution in [0.15, 0.2) is 30.5 Å². The molecule has 0 aliphatic carbocycles. The summed E-state index contributed by atoms with van der Waals surface area (Å²) in [5.74, 6) is 0.977. The van der Waals surface area contributed by atoms with E-state index in [-0.39, 0.29) is 17.8 Å². The second-order valence-corrected chi connectivity index (χ2v) is 7.64. The first kappa shape index (κ1) is 19.7. The number of nitrogen functional groups attached to an aromatic ring is 1. The van der Waals surface area contributed by atoms with Crippen molar-refractivity contribution in [2.24, 2.45) is 0 Å². The topological polar surface area (TPSA) is 51.4 Å². The molecule has 0 aliphatic rings. The lowest BCUT2D eigenvalue weighted by Crippen LogP contribution is -2.24. The Morgan fingerprint density at radius 2 is 1.96 bits per heavy atom. The van der Waals surface area contributed by atoms with E-state index in [2.05, 4.69) is 49.8 Å². The van der Waals surface area contributed by atoms with E-state index in [1.165, 1.54) is 21.8 Å². The molecule has 1 aromatic carbocycles. The summed E-state index contributed by atoms with van der Waals surface area (Å²) in [5.41, 5.74) is 6.98. The summed E-state index contributed by atoms with van der Waals surface area (Å²) in [5, 5.41) is 0.624. The number of benzene rings is 1.